The average Bonchev–Trinajstić information content (AvgIpc) is 3.26. The molecular weight excluding hydrogens is 350 g/mol. The minimum atomic E-state index is 0.350. The summed E-state index contributed by atoms with van der Waals surface area (Å²) in [4.78, 5) is 7.74. The minimum absolute atomic E-state index is 0.350. The summed E-state index contributed by atoms with van der Waals surface area (Å²) >= 11 is 0. The smallest absolute Gasteiger partial charge is 0.265 e. The lowest BCUT2D eigenvalue weighted by atomic mass is 10.2. The number of rotatable bonds is 4. The van der Waals surface area contributed by atoms with Crippen molar-refractivity contribution in [3.05, 3.63) is 60.3 Å². The van der Waals surface area contributed by atoms with Gasteiger partial charge in [-0.2, -0.15) is 10.1 Å². The van der Waals surface area contributed by atoms with Crippen molar-refractivity contribution in [1.29, 1.82) is 0 Å². The maximum atomic E-state index is 4.48. The van der Waals surface area contributed by atoms with E-state index in [0.29, 0.717) is 17.6 Å². The van der Waals surface area contributed by atoms with Gasteiger partial charge in [-0.15, -0.1) is 10.2 Å². The zero-order valence-electron chi connectivity index (χ0n) is 15.6. The van der Waals surface area contributed by atoms with E-state index < -0.39 is 0 Å². The molecule has 0 aliphatic carbocycles. The third-order valence-electron chi connectivity index (χ3n) is 4.82. The van der Waals surface area contributed by atoms with Crippen molar-refractivity contribution in [3.63, 3.8) is 0 Å². The van der Waals surface area contributed by atoms with Crippen molar-refractivity contribution >= 4 is 45.1 Å². The average molecular weight is 369 g/mol. The van der Waals surface area contributed by atoms with E-state index in [1.165, 1.54) is 5.52 Å². The third-order valence-corrected chi connectivity index (χ3v) is 4.82. The van der Waals surface area contributed by atoms with Gasteiger partial charge in [0.05, 0.1) is 6.21 Å². The fourth-order valence-electron chi connectivity index (χ4n) is 3.49. The van der Waals surface area contributed by atoms with Crippen molar-refractivity contribution in [2.75, 3.05) is 5.43 Å². The normalized spacial score (nSPS) is 12.1. The maximum absolute atomic E-state index is 4.48. The van der Waals surface area contributed by atoms with Gasteiger partial charge in [0.2, 0.25) is 0 Å². The van der Waals surface area contributed by atoms with Crippen LogP contribution in [0, 0.1) is 0 Å². The Bertz CT molecular complexity index is 1330. The molecule has 2 aromatic carbocycles. The highest BCUT2D eigenvalue weighted by molar-refractivity contribution is 6.03. The van der Waals surface area contributed by atoms with Crippen molar-refractivity contribution in [2.45, 2.75) is 19.9 Å². The van der Waals surface area contributed by atoms with Gasteiger partial charge in [-0.25, -0.2) is 5.43 Å². The van der Waals surface area contributed by atoms with Gasteiger partial charge in [0.15, 0.2) is 5.65 Å². The largest absolute Gasteiger partial charge is 0.344 e. The second kappa shape index (κ2) is 6.45. The standard InChI is InChI=1S/C21H19N7/c1-13(2)28-12-14(15-7-4-6-10-18(15)28)11-22-26-21-24-20-19(25-27-21)16-8-3-5-9-17(16)23-20/h3-13H,1-2H3,(H2,23,24,26,27)/b22-11-. The Kier molecular flexibility index (Phi) is 3.79. The van der Waals surface area contributed by atoms with E-state index in [1.807, 2.05) is 30.3 Å². The second-order valence-electron chi connectivity index (χ2n) is 6.98. The molecule has 7 heteroatoms. The lowest BCUT2D eigenvalue weighted by Crippen LogP contribution is -1.99. The van der Waals surface area contributed by atoms with Crippen LogP contribution in [0.1, 0.15) is 25.5 Å². The van der Waals surface area contributed by atoms with Gasteiger partial charge < -0.3 is 9.55 Å². The van der Waals surface area contributed by atoms with Gasteiger partial charge in [-0.3, -0.25) is 0 Å². The molecule has 3 heterocycles. The Hall–Kier alpha value is -3.74. The van der Waals surface area contributed by atoms with E-state index in [4.69, 9.17) is 0 Å². The molecule has 0 radical (unpaired) electrons. The van der Waals surface area contributed by atoms with Crippen LogP contribution in [-0.2, 0) is 0 Å². The van der Waals surface area contributed by atoms with Gasteiger partial charge in [0, 0.05) is 39.6 Å². The molecule has 0 amide bonds. The maximum Gasteiger partial charge on any atom is 0.265 e. The molecule has 0 bridgehead atoms. The Morgan fingerprint density at radius 1 is 1.04 bits per heavy atom. The summed E-state index contributed by atoms with van der Waals surface area (Å²) in [7, 11) is 0. The lowest BCUT2D eigenvalue weighted by molar-refractivity contribution is 0.623. The highest BCUT2D eigenvalue weighted by atomic mass is 15.4. The first-order valence-corrected chi connectivity index (χ1v) is 9.20. The molecule has 0 saturated heterocycles. The predicted molar refractivity (Wildman–Crippen MR) is 113 cm³/mol. The molecule has 0 aliphatic heterocycles. The van der Waals surface area contributed by atoms with E-state index in [0.717, 1.165) is 27.4 Å². The highest BCUT2D eigenvalue weighted by Gasteiger charge is 2.10. The zero-order chi connectivity index (χ0) is 19.1. The first kappa shape index (κ1) is 16.4. The predicted octanol–water partition coefficient (Wildman–Crippen LogP) is 4.49. The molecule has 7 nitrogen and oxygen atoms in total. The van der Waals surface area contributed by atoms with Crippen LogP contribution in [-0.4, -0.2) is 30.9 Å². The summed E-state index contributed by atoms with van der Waals surface area (Å²) in [5, 5.41) is 14.9. The van der Waals surface area contributed by atoms with Gasteiger partial charge in [0.25, 0.3) is 5.95 Å². The summed E-state index contributed by atoms with van der Waals surface area (Å²) < 4.78 is 2.24. The van der Waals surface area contributed by atoms with Crippen molar-refractivity contribution in [3.8, 4) is 0 Å². The van der Waals surface area contributed by atoms with E-state index >= 15 is 0 Å². The Morgan fingerprint density at radius 2 is 1.82 bits per heavy atom. The molecule has 2 N–H and O–H groups in total. The first-order chi connectivity index (χ1) is 13.7. The molecule has 0 unspecified atom stereocenters. The number of aromatic nitrogens is 5. The van der Waals surface area contributed by atoms with Crippen LogP contribution in [0.25, 0.3) is 33.0 Å². The number of hydrogen-bond acceptors (Lipinski definition) is 5. The number of nitrogens with one attached hydrogen (secondary N) is 2. The molecule has 5 rings (SSSR count). The summed E-state index contributed by atoms with van der Waals surface area (Å²) in [5.74, 6) is 0.350. The molecular formula is C21H19N7. The number of benzene rings is 2. The molecule has 0 fully saturated rings. The van der Waals surface area contributed by atoms with Gasteiger partial charge in [-0.1, -0.05) is 36.4 Å². The molecule has 138 valence electrons. The third kappa shape index (κ3) is 2.68. The SMILES string of the molecule is CC(C)n1cc(/C=N\Nc2nnc3c(n2)[nH]c2ccccc23)c2ccccc21. The monoisotopic (exact) mass is 369 g/mol. The van der Waals surface area contributed by atoms with E-state index in [9.17, 15) is 0 Å². The number of H-pyrrole nitrogens is 1. The van der Waals surface area contributed by atoms with Crippen LogP contribution in [0.15, 0.2) is 59.8 Å². The Morgan fingerprint density at radius 3 is 2.68 bits per heavy atom. The topological polar surface area (TPSA) is 83.8 Å². The molecule has 0 spiro atoms. The van der Waals surface area contributed by atoms with Crippen molar-refractivity contribution in [1.82, 2.24) is 24.7 Å². The molecule has 0 saturated carbocycles. The minimum Gasteiger partial charge on any atom is -0.344 e. The number of nitrogens with zero attached hydrogens (tertiary/aromatic N) is 5. The quantitative estimate of drug-likeness (QED) is 0.361. The van der Waals surface area contributed by atoms with Crippen molar-refractivity contribution < 1.29 is 0 Å². The van der Waals surface area contributed by atoms with Crippen LogP contribution in [0.3, 0.4) is 0 Å². The number of aromatic amines is 1. The molecule has 5 aromatic rings. The van der Waals surface area contributed by atoms with Crippen molar-refractivity contribution in [2.24, 2.45) is 5.10 Å². The summed E-state index contributed by atoms with van der Waals surface area (Å²) in [6.07, 6.45) is 3.90. The Labute approximate surface area is 161 Å². The van der Waals surface area contributed by atoms with Gasteiger partial charge in [0.1, 0.15) is 5.52 Å². The molecule has 0 aliphatic rings. The van der Waals surface area contributed by atoms with Crippen LogP contribution >= 0.6 is 0 Å². The van der Waals surface area contributed by atoms with E-state index in [1.54, 1.807) is 6.21 Å². The summed E-state index contributed by atoms with van der Waals surface area (Å²) in [5.41, 5.74) is 7.55. The van der Waals surface area contributed by atoms with Crippen LogP contribution < -0.4 is 5.43 Å². The van der Waals surface area contributed by atoms with Crippen LogP contribution in [0.5, 0.6) is 0 Å². The van der Waals surface area contributed by atoms with E-state index in [2.05, 4.69) is 73.5 Å². The number of para-hydroxylation sites is 2. The lowest BCUT2D eigenvalue weighted by Gasteiger charge is -2.08. The molecule has 3 aromatic heterocycles. The number of fused-ring (bicyclic) bond motifs is 4. The molecule has 28 heavy (non-hydrogen) atoms. The number of anilines is 1. The highest BCUT2D eigenvalue weighted by Crippen LogP contribution is 2.24. The number of hydrogen-bond donors (Lipinski definition) is 2. The second-order valence-corrected chi connectivity index (χ2v) is 6.98. The van der Waals surface area contributed by atoms with Gasteiger partial charge >= 0.3 is 0 Å². The van der Waals surface area contributed by atoms with E-state index in [-0.39, 0.29) is 0 Å². The zero-order valence-corrected chi connectivity index (χ0v) is 15.6. The fourth-order valence-corrected chi connectivity index (χ4v) is 3.49. The van der Waals surface area contributed by atoms with Gasteiger partial charge in [-0.05, 0) is 26.0 Å². The summed E-state index contributed by atoms with van der Waals surface area (Å²) in [6, 6.07) is 16.6. The fraction of sp³-hybridized carbons (Fsp3) is 0.143. The Balaban J connectivity index is 1.45. The first-order valence-electron chi connectivity index (χ1n) is 9.20. The molecule has 0 atom stereocenters. The number of hydrazone groups is 1. The van der Waals surface area contributed by atoms with Crippen LogP contribution in [0.2, 0.25) is 0 Å². The summed E-state index contributed by atoms with van der Waals surface area (Å²) in [6.45, 7) is 4.33. The van der Waals surface area contributed by atoms with Crippen LogP contribution in [0.4, 0.5) is 5.95 Å².